The van der Waals surface area contributed by atoms with Gasteiger partial charge in [-0.2, -0.15) is 0 Å². The van der Waals surface area contributed by atoms with Gasteiger partial charge in [-0.15, -0.1) is 0 Å². The van der Waals surface area contributed by atoms with Crippen molar-refractivity contribution < 1.29 is 4.74 Å². The van der Waals surface area contributed by atoms with Crippen LogP contribution in [0.1, 0.15) is 12.5 Å². The molecule has 1 aromatic rings. The van der Waals surface area contributed by atoms with Crippen molar-refractivity contribution in [2.75, 3.05) is 7.11 Å². The Hall–Kier alpha value is -0.890. The molecule has 0 fully saturated rings. The van der Waals surface area contributed by atoms with Gasteiger partial charge in [-0.1, -0.05) is 0 Å². The Labute approximate surface area is 67.2 Å². The fraction of sp³-hybridized carbons (Fsp3) is 0.444. The Bertz CT molecular complexity index is 198. The molecule has 0 spiro atoms. The van der Waals surface area contributed by atoms with Gasteiger partial charge in [0.05, 0.1) is 6.10 Å². The molecule has 0 aromatic carbocycles. The normalized spacial score (nSPS) is 12.9. The maximum Gasteiger partial charge on any atom is 0.0583 e. The van der Waals surface area contributed by atoms with Crippen molar-refractivity contribution in [2.24, 2.45) is 0 Å². The second kappa shape index (κ2) is 4.09. The highest BCUT2D eigenvalue weighted by Crippen LogP contribution is 2.02. The van der Waals surface area contributed by atoms with E-state index in [1.807, 2.05) is 12.1 Å². The quantitative estimate of drug-likeness (QED) is 0.655. The van der Waals surface area contributed by atoms with Gasteiger partial charge in [0.2, 0.25) is 0 Å². The molecule has 0 N–H and O–H groups in total. The Morgan fingerprint density at radius 1 is 1.45 bits per heavy atom. The summed E-state index contributed by atoms with van der Waals surface area (Å²) in [5, 5.41) is 0. The lowest BCUT2D eigenvalue weighted by Gasteiger charge is -2.07. The lowest BCUT2D eigenvalue weighted by atomic mass is 10.1. The second-order valence-corrected chi connectivity index (χ2v) is 2.61. The Kier molecular flexibility index (Phi) is 3.05. The van der Waals surface area contributed by atoms with Gasteiger partial charge in [-0.25, -0.2) is 0 Å². The van der Waals surface area contributed by atoms with Crippen molar-refractivity contribution in [3.8, 4) is 0 Å². The van der Waals surface area contributed by atoms with Crippen LogP contribution in [0.2, 0.25) is 0 Å². The first-order valence-corrected chi connectivity index (χ1v) is 3.74. The Balaban J connectivity index is 2.51. The Morgan fingerprint density at radius 3 is 2.64 bits per heavy atom. The molecule has 2 heteroatoms. The summed E-state index contributed by atoms with van der Waals surface area (Å²) >= 11 is 0. The van der Waals surface area contributed by atoms with E-state index in [1.54, 1.807) is 19.5 Å². The molecule has 0 radical (unpaired) electrons. The summed E-state index contributed by atoms with van der Waals surface area (Å²) in [5.41, 5.74) is 1.27. The summed E-state index contributed by atoms with van der Waals surface area (Å²) in [6, 6.07) is 4.02. The van der Waals surface area contributed by atoms with Crippen LogP contribution in [-0.4, -0.2) is 18.2 Å². The van der Waals surface area contributed by atoms with E-state index < -0.39 is 0 Å². The van der Waals surface area contributed by atoms with Crippen LogP contribution in [0.15, 0.2) is 24.5 Å². The van der Waals surface area contributed by atoms with Crippen LogP contribution < -0.4 is 0 Å². The third kappa shape index (κ3) is 2.68. The zero-order valence-corrected chi connectivity index (χ0v) is 6.95. The lowest BCUT2D eigenvalue weighted by Crippen LogP contribution is -2.08. The largest absolute Gasteiger partial charge is 0.381 e. The van der Waals surface area contributed by atoms with E-state index in [4.69, 9.17) is 4.74 Å². The molecule has 0 bridgehead atoms. The molecular weight excluding hydrogens is 138 g/mol. The number of nitrogens with zero attached hydrogens (tertiary/aromatic N) is 1. The van der Waals surface area contributed by atoms with Crippen molar-refractivity contribution in [1.29, 1.82) is 0 Å². The van der Waals surface area contributed by atoms with E-state index in [0.717, 1.165) is 6.42 Å². The van der Waals surface area contributed by atoms with Crippen LogP contribution in [0, 0.1) is 0 Å². The van der Waals surface area contributed by atoms with Crippen LogP contribution in [0.3, 0.4) is 0 Å². The fourth-order valence-electron chi connectivity index (χ4n) is 0.934. The van der Waals surface area contributed by atoms with Crippen LogP contribution >= 0.6 is 0 Å². The topological polar surface area (TPSA) is 22.1 Å². The minimum absolute atomic E-state index is 0.289. The van der Waals surface area contributed by atoms with Crippen LogP contribution in [0.5, 0.6) is 0 Å². The van der Waals surface area contributed by atoms with E-state index in [9.17, 15) is 0 Å². The molecule has 0 aliphatic rings. The number of aromatic nitrogens is 1. The van der Waals surface area contributed by atoms with E-state index >= 15 is 0 Å². The van der Waals surface area contributed by atoms with Gasteiger partial charge in [-0.05, 0) is 31.0 Å². The average Bonchev–Trinajstić information content (AvgIpc) is 2.06. The first-order chi connectivity index (χ1) is 5.33. The molecule has 1 aromatic heterocycles. The zero-order valence-electron chi connectivity index (χ0n) is 6.95. The predicted octanol–water partition coefficient (Wildman–Crippen LogP) is 1.66. The maximum atomic E-state index is 5.13. The molecule has 0 saturated carbocycles. The molecule has 11 heavy (non-hydrogen) atoms. The van der Waals surface area contributed by atoms with Gasteiger partial charge < -0.3 is 4.74 Å². The molecule has 1 heterocycles. The molecule has 0 aliphatic carbocycles. The van der Waals surface area contributed by atoms with Gasteiger partial charge in [0, 0.05) is 19.5 Å². The van der Waals surface area contributed by atoms with Crippen LogP contribution in [0.25, 0.3) is 0 Å². The van der Waals surface area contributed by atoms with Crippen LogP contribution in [0.4, 0.5) is 0 Å². The molecule has 1 atom stereocenters. The highest BCUT2D eigenvalue weighted by atomic mass is 16.5. The highest BCUT2D eigenvalue weighted by Gasteiger charge is 1.99. The number of rotatable bonds is 3. The summed E-state index contributed by atoms with van der Waals surface area (Å²) in [7, 11) is 1.73. The summed E-state index contributed by atoms with van der Waals surface area (Å²) < 4.78 is 5.13. The number of pyridine rings is 1. The highest BCUT2D eigenvalue weighted by molar-refractivity contribution is 5.10. The zero-order chi connectivity index (χ0) is 8.10. The van der Waals surface area contributed by atoms with Crippen molar-refractivity contribution in [3.05, 3.63) is 30.1 Å². The molecular formula is C9H13NO. The standard InChI is InChI=1S/C9H13NO/c1-8(11-2)7-9-3-5-10-6-4-9/h3-6,8H,7H2,1-2H3. The first-order valence-electron chi connectivity index (χ1n) is 3.74. The number of hydrogen-bond donors (Lipinski definition) is 0. The van der Waals surface area contributed by atoms with Crippen molar-refractivity contribution in [1.82, 2.24) is 4.98 Å². The summed E-state index contributed by atoms with van der Waals surface area (Å²) in [4.78, 5) is 3.94. The molecule has 1 unspecified atom stereocenters. The van der Waals surface area contributed by atoms with Crippen molar-refractivity contribution in [3.63, 3.8) is 0 Å². The van der Waals surface area contributed by atoms with Gasteiger partial charge in [-0.3, -0.25) is 4.98 Å². The summed E-state index contributed by atoms with van der Waals surface area (Å²) in [6.07, 6.45) is 4.85. The van der Waals surface area contributed by atoms with Gasteiger partial charge in [0.25, 0.3) is 0 Å². The van der Waals surface area contributed by atoms with Crippen molar-refractivity contribution >= 4 is 0 Å². The molecule has 0 amide bonds. The average molecular weight is 151 g/mol. The summed E-state index contributed by atoms with van der Waals surface area (Å²) in [5.74, 6) is 0. The molecule has 60 valence electrons. The number of hydrogen-bond acceptors (Lipinski definition) is 2. The van der Waals surface area contributed by atoms with E-state index in [2.05, 4.69) is 11.9 Å². The van der Waals surface area contributed by atoms with Gasteiger partial charge >= 0.3 is 0 Å². The summed E-state index contributed by atoms with van der Waals surface area (Å²) in [6.45, 7) is 2.06. The number of methoxy groups -OCH3 is 1. The molecule has 0 saturated heterocycles. The first kappa shape index (κ1) is 8.21. The second-order valence-electron chi connectivity index (χ2n) is 2.61. The molecule has 0 aliphatic heterocycles. The smallest absolute Gasteiger partial charge is 0.0583 e. The van der Waals surface area contributed by atoms with Crippen LogP contribution in [-0.2, 0) is 11.2 Å². The molecule has 1 rings (SSSR count). The third-order valence-electron chi connectivity index (χ3n) is 1.67. The van der Waals surface area contributed by atoms with E-state index in [1.165, 1.54) is 5.56 Å². The third-order valence-corrected chi connectivity index (χ3v) is 1.67. The predicted molar refractivity (Wildman–Crippen MR) is 44.4 cm³/mol. The lowest BCUT2D eigenvalue weighted by molar-refractivity contribution is 0.119. The minimum atomic E-state index is 0.289. The van der Waals surface area contributed by atoms with Gasteiger partial charge in [0.1, 0.15) is 0 Å². The van der Waals surface area contributed by atoms with Crippen molar-refractivity contribution in [2.45, 2.75) is 19.4 Å². The van der Waals surface area contributed by atoms with Gasteiger partial charge in [0.15, 0.2) is 0 Å². The monoisotopic (exact) mass is 151 g/mol. The SMILES string of the molecule is COC(C)Cc1ccncc1. The minimum Gasteiger partial charge on any atom is -0.381 e. The van der Waals surface area contributed by atoms with E-state index in [-0.39, 0.29) is 6.10 Å². The molecule has 2 nitrogen and oxygen atoms in total. The number of ether oxygens (including phenoxy) is 1. The Morgan fingerprint density at radius 2 is 2.09 bits per heavy atom. The fourth-order valence-corrected chi connectivity index (χ4v) is 0.934. The maximum absolute atomic E-state index is 5.13. The van der Waals surface area contributed by atoms with E-state index in [0.29, 0.717) is 0 Å².